The van der Waals surface area contributed by atoms with Gasteiger partial charge in [-0.3, -0.25) is 10.1 Å². The van der Waals surface area contributed by atoms with E-state index in [1.807, 2.05) is 6.07 Å². The molecule has 0 amide bonds. The van der Waals surface area contributed by atoms with Crippen LogP contribution in [0.4, 0.5) is 5.69 Å². The van der Waals surface area contributed by atoms with E-state index in [1.54, 1.807) is 24.3 Å². The molecule has 2 aromatic rings. The van der Waals surface area contributed by atoms with Gasteiger partial charge in [-0.05, 0) is 30.3 Å². The highest BCUT2D eigenvalue weighted by molar-refractivity contribution is 5.52. The molecule has 2 rings (SSSR count). The van der Waals surface area contributed by atoms with Gasteiger partial charge in [-0.15, -0.1) is 0 Å². The second kappa shape index (κ2) is 5.71. The van der Waals surface area contributed by atoms with Gasteiger partial charge in [0.2, 0.25) is 5.75 Å². The molecule has 0 aliphatic rings. The van der Waals surface area contributed by atoms with E-state index in [2.05, 4.69) is 0 Å². The number of hydrogen-bond donors (Lipinski definition) is 0. The molecule has 6 heteroatoms. The first-order chi connectivity index (χ1) is 9.63. The van der Waals surface area contributed by atoms with E-state index < -0.39 is 4.92 Å². The molecule has 0 radical (unpaired) electrons. The Bertz CT molecular complexity index is 675. The van der Waals surface area contributed by atoms with Gasteiger partial charge in [0, 0.05) is 12.1 Å². The minimum absolute atomic E-state index is 0.0825. The molecule has 0 saturated heterocycles. The molecule has 0 N–H and O–H groups in total. The maximum Gasteiger partial charge on any atom is 0.311 e. The molecule has 0 aliphatic carbocycles. The largest absolute Gasteiger partial charge is 0.497 e. The molecule has 0 heterocycles. The monoisotopic (exact) mass is 270 g/mol. The summed E-state index contributed by atoms with van der Waals surface area (Å²) in [4.78, 5) is 10.4. The number of nitrogens with zero attached hydrogens (tertiary/aromatic N) is 2. The predicted molar refractivity (Wildman–Crippen MR) is 70.9 cm³/mol. The third kappa shape index (κ3) is 2.84. The summed E-state index contributed by atoms with van der Waals surface area (Å²) in [6.45, 7) is 0. The van der Waals surface area contributed by atoms with E-state index in [1.165, 1.54) is 25.3 Å². The van der Waals surface area contributed by atoms with Gasteiger partial charge in [-0.25, -0.2) is 0 Å². The van der Waals surface area contributed by atoms with Crippen LogP contribution in [0.1, 0.15) is 5.56 Å². The van der Waals surface area contributed by atoms with Gasteiger partial charge in [0.25, 0.3) is 0 Å². The molecule has 0 spiro atoms. The highest BCUT2D eigenvalue weighted by atomic mass is 16.6. The summed E-state index contributed by atoms with van der Waals surface area (Å²) < 4.78 is 10.5. The Balaban J connectivity index is 2.35. The van der Waals surface area contributed by atoms with Crippen LogP contribution in [0, 0.1) is 21.4 Å². The van der Waals surface area contributed by atoms with E-state index in [-0.39, 0.29) is 11.4 Å². The maximum absolute atomic E-state index is 11.0. The second-order valence-corrected chi connectivity index (χ2v) is 3.83. The van der Waals surface area contributed by atoms with Crippen LogP contribution in [-0.2, 0) is 0 Å². The van der Waals surface area contributed by atoms with E-state index in [9.17, 15) is 10.1 Å². The number of benzene rings is 2. The molecule has 0 saturated carbocycles. The van der Waals surface area contributed by atoms with Gasteiger partial charge in [0.1, 0.15) is 11.5 Å². The van der Waals surface area contributed by atoms with Crippen molar-refractivity contribution < 1.29 is 14.4 Å². The summed E-state index contributed by atoms with van der Waals surface area (Å²) in [6.07, 6.45) is 0. The van der Waals surface area contributed by atoms with Crippen LogP contribution >= 0.6 is 0 Å². The first-order valence-corrected chi connectivity index (χ1v) is 5.64. The van der Waals surface area contributed by atoms with Crippen LogP contribution < -0.4 is 9.47 Å². The Hall–Kier alpha value is -3.07. The summed E-state index contributed by atoms with van der Waals surface area (Å²) in [5.74, 6) is 0.943. The van der Waals surface area contributed by atoms with E-state index in [0.29, 0.717) is 17.1 Å². The molecule has 100 valence electrons. The molecule has 0 atom stereocenters. The molecule has 20 heavy (non-hydrogen) atoms. The second-order valence-electron chi connectivity index (χ2n) is 3.83. The first kappa shape index (κ1) is 13.4. The van der Waals surface area contributed by atoms with Crippen molar-refractivity contribution in [3.63, 3.8) is 0 Å². The van der Waals surface area contributed by atoms with Gasteiger partial charge in [-0.1, -0.05) is 0 Å². The normalized spacial score (nSPS) is 9.60. The Morgan fingerprint density at radius 3 is 2.35 bits per heavy atom. The third-order valence-corrected chi connectivity index (χ3v) is 2.57. The summed E-state index contributed by atoms with van der Waals surface area (Å²) in [7, 11) is 1.46. The van der Waals surface area contributed by atoms with Gasteiger partial charge < -0.3 is 9.47 Å². The van der Waals surface area contributed by atoms with Crippen molar-refractivity contribution in [2.45, 2.75) is 0 Å². The highest BCUT2D eigenvalue weighted by Gasteiger charge is 2.16. The van der Waals surface area contributed by atoms with Crippen molar-refractivity contribution in [1.82, 2.24) is 0 Å². The van der Waals surface area contributed by atoms with Gasteiger partial charge in [0.05, 0.1) is 23.7 Å². The number of rotatable bonds is 4. The third-order valence-electron chi connectivity index (χ3n) is 2.57. The Kier molecular flexibility index (Phi) is 3.82. The van der Waals surface area contributed by atoms with Crippen molar-refractivity contribution in [2.24, 2.45) is 0 Å². The zero-order valence-corrected chi connectivity index (χ0v) is 10.6. The van der Waals surface area contributed by atoms with Crippen molar-refractivity contribution in [3.05, 3.63) is 58.1 Å². The first-order valence-electron chi connectivity index (χ1n) is 5.64. The average Bonchev–Trinajstić information content (AvgIpc) is 2.47. The van der Waals surface area contributed by atoms with Crippen molar-refractivity contribution >= 4 is 5.69 Å². The minimum atomic E-state index is -0.529. The summed E-state index contributed by atoms with van der Waals surface area (Å²) in [6, 6.07) is 12.5. The summed E-state index contributed by atoms with van der Waals surface area (Å²) >= 11 is 0. The average molecular weight is 270 g/mol. The van der Waals surface area contributed by atoms with Crippen LogP contribution in [-0.4, -0.2) is 12.0 Å². The quantitative estimate of drug-likeness (QED) is 0.628. The fourth-order valence-corrected chi connectivity index (χ4v) is 1.58. The van der Waals surface area contributed by atoms with Gasteiger partial charge in [0.15, 0.2) is 0 Å². The Labute approximate surface area is 114 Å². The van der Waals surface area contributed by atoms with E-state index in [0.717, 1.165) is 0 Å². The van der Waals surface area contributed by atoms with Crippen LogP contribution in [0.15, 0.2) is 42.5 Å². The minimum Gasteiger partial charge on any atom is -0.497 e. The predicted octanol–water partition coefficient (Wildman–Crippen LogP) is 3.27. The van der Waals surface area contributed by atoms with E-state index in [4.69, 9.17) is 14.7 Å². The fourth-order valence-electron chi connectivity index (χ4n) is 1.58. The molecular weight excluding hydrogens is 260 g/mol. The summed E-state index contributed by atoms with van der Waals surface area (Å²) in [5, 5.41) is 19.7. The highest BCUT2D eigenvalue weighted by Crippen LogP contribution is 2.34. The molecule has 2 aromatic carbocycles. The standard InChI is InChI=1S/C14H10N2O4/c1-19-12-6-7-13(16(17)18)14(8-12)20-11-4-2-10(9-15)3-5-11/h2-8H,1H3. The van der Waals surface area contributed by atoms with Crippen molar-refractivity contribution in [1.29, 1.82) is 5.26 Å². The zero-order valence-electron chi connectivity index (χ0n) is 10.6. The van der Waals surface area contributed by atoms with Gasteiger partial charge >= 0.3 is 5.69 Å². The topological polar surface area (TPSA) is 85.4 Å². The van der Waals surface area contributed by atoms with Crippen LogP contribution in [0.5, 0.6) is 17.2 Å². The van der Waals surface area contributed by atoms with Crippen molar-refractivity contribution in [2.75, 3.05) is 7.11 Å². The van der Waals surface area contributed by atoms with Crippen LogP contribution in [0.3, 0.4) is 0 Å². The van der Waals surface area contributed by atoms with Crippen LogP contribution in [0.25, 0.3) is 0 Å². The van der Waals surface area contributed by atoms with Gasteiger partial charge in [-0.2, -0.15) is 5.26 Å². The number of nitro groups is 1. The number of hydrogen-bond acceptors (Lipinski definition) is 5. The molecule has 6 nitrogen and oxygen atoms in total. The fraction of sp³-hybridized carbons (Fsp3) is 0.0714. The maximum atomic E-state index is 11.0. The lowest BCUT2D eigenvalue weighted by atomic mass is 10.2. The zero-order chi connectivity index (χ0) is 14.5. The Morgan fingerprint density at radius 2 is 1.80 bits per heavy atom. The lowest BCUT2D eigenvalue weighted by Crippen LogP contribution is -1.94. The van der Waals surface area contributed by atoms with E-state index >= 15 is 0 Å². The Morgan fingerprint density at radius 1 is 1.15 bits per heavy atom. The molecular formula is C14H10N2O4. The lowest BCUT2D eigenvalue weighted by Gasteiger charge is -2.08. The summed E-state index contributed by atoms with van der Waals surface area (Å²) in [5.41, 5.74) is 0.327. The molecule has 0 aliphatic heterocycles. The van der Waals surface area contributed by atoms with Crippen LogP contribution in [0.2, 0.25) is 0 Å². The number of nitriles is 1. The SMILES string of the molecule is COc1ccc([N+](=O)[O-])c(Oc2ccc(C#N)cc2)c1. The number of nitro benzene ring substituents is 1. The van der Waals surface area contributed by atoms with Crippen molar-refractivity contribution in [3.8, 4) is 23.3 Å². The smallest absolute Gasteiger partial charge is 0.311 e. The number of ether oxygens (including phenoxy) is 2. The molecule has 0 aromatic heterocycles. The molecule has 0 unspecified atom stereocenters. The molecule has 0 fully saturated rings. The lowest BCUT2D eigenvalue weighted by molar-refractivity contribution is -0.385. The molecule has 0 bridgehead atoms. The number of methoxy groups -OCH3 is 1.